The first-order chi connectivity index (χ1) is 9.88. The Balaban J connectivity index is 2.07. The smallest absolute Gasteiger partial charge is 0.107 e. The highest BCUT2D eigenvalue weighted by Gasteiger charge is 2.09. The molecule has 0 aliphatic carbocycles. The van der Waals surface area contributed by atoms with Crippen molar-refractivity contribution in [1.29, 1.82) is 0 Å². The van der Waals surface area contributed by atoms with E-state index in [-0.39, 0.29) is 0 Å². The molecule has 3 rings (SSSR count). The Morgan fingerprint density at radius 2 is 1.35 bits per heavy atom. The summed E-state index contributed by atoms with van der Waals surface area (Å²) < 4.78 is 0. The topological polar surface area (TPSA) is 25.8 Å². The lowest BCUT2D eigenvalue weighted by atomic mass is 10.1. The van der Waals surface area contributed by atoms with Gasteiger partial charge in [-0.2, -0.15) is 0 Å². The maximum absolute atomic E-state index is 4.43. The van der Waals surface area contributed by atoms with Crippen LogP contribution in [-0.4, -0.2) is 16.5 Å². The zero-order valence-corrected chi connectivity index (χ0v) is 12.0. The van der Waals surface area contributed by atoms with Gasteiger partial charge in [0.15, 0.2) is 0 Å². The van der Waals surface area contributed by atoms with Crippen molar-refractivity contribution in [3.8, 4) is 22.5 Å². The van der Waals surface area contributed by atoms with E-state index in [0.717, 1.165) is 27.4 Å². The zero-order valence-electron chi connectivity index (χ0n) is 11.2. The number of rotatable bonds is 3. The van der Waals surface area contributed by atoms with Crippen LogP contribution in [0.15, 0.2) is 71.6 Å². The van der Waals surface area contributed by atoms with Gasteiger partial charge < -0.3 is 0 Å². The van der Waals surface area contributed by atoms with Crippen molar-refractivity contribution in [2.75, 3.05) is 6.26 Å². The number of nitrogens with zero attached hydrogens (tertiary/aromatic N) is 2. The van der Waals surface area contributed by atoms with Crippen molar-refractivity contribution in [3.05, 3.63) is 66.7 Å². The second-order valence-electron chi connectivity index (χ2n) is 4.38. The van der Waals surface area contributed by atoms with Gasteiger partial charge in [0.05, 0.1) is 5.69 Å². The molecule has 2 nitrogen and oxygen atoms in total. The van der Waals surface area contributed by atoms with Crippen molar-refractivity contribution in [3.63, 3.8) is 0 Å². The van der Waals surface area contributed by atoms with Crippen LogP contribution in [0.4, 0.5) is 0 Å². The SMILES string of the molecule is CSc1cc(-c2ccccc2)nnc1-c1ccccc1. The molecule has 0 aliphatic heterocycles. The van der Waals surface area contributed by atoms with E-state index in [1.165, 1.54) is 0 Å². The highest BCUT2D eigenvalue weighted by Crippen LogP contribution is 2.30. The molecule has 1 aromatic heterocycles. The van der Waals surface area contributed by atoms with Crippen LogP contribution in [0.25, 0.3) is 22.5 Å². The zero-order chi connectivity index (χ0) is 13.8. The summed E-state index contributed by atoms with van der Waals surface area (Å²) in [7, 11) is 0. The molecule has 0 spiro atoms. The molecule has 3 aromatic rings. The average Bonchev–Trinajstić information content (AvgIpc) is 2.56. The van der Waals surface area contributed by atoms with Crippen LogP contribution in [0, 0.1) is 0 Å². The minimum Gasteiger partial charge on any atom is -0.150 e. The fraction of sp³-hybridized carbons (Fsp3) is 0.0588. The van der Waals surface area contributed by atoms with E-state index in [9.17, 15) is 0 Å². The third-order valence-electron chi connectivity index (χ3n) is 3.10. The number of hydrogen-bond donors (Lipinski definition) is 0. The van der Waals surface area contributed by atoms with E-state index in [0.29, 0.717) is 0 Å². The van der Waals surface area contributed by atoms with Gasteiger partial charge in [-0.1, -0.05) is 60.7 Å². The van der Waals surface area contributed by atoms with Crippen LogP contribution in [0.5, 0.6) is 0 Å². The van der Waals surface area contributed by atoms with Gasteiger partial charge in [-0.3, -0.25) is 0 Å². The molecule has 98 valence electrons. The summed E-state index contributed by atoms with van der Waals surface area (Å²) in [5.74, 6) is 0. The molecule has 2 aromatic carbocycles. The van der Waals surface area contributed by atoms with Gasteiger partial charge in [0, 0.05) is 16.0 Å². The lowest BCUT2D eigenvalue weighted by Gasteiger charge is -2.08. The number of benzene rings is 2. The van der Waals surface area contributed by atoms with Gasteiger partial charge in [0.2, 0.25) is 0 Å². The fourth-order valence-electron chi connectivity index (χ4n) is 2.08. The molecule has 3 heteroatoms. The maximum Gasteiger partial charge on any atom is 0.107 e. The highest BCUT2D eigenvalue weighted by atomic mass is 32.2. The Labute approximate surface area is 122 Å². The summed E-state index contributed by atoms with van der Waals surface area (Å²) >= 11 is 1.70. The van der Waals surface area contributed by atoms with Gasteiger partial charge in [-0.15, -0.1) is 22.0 Å². The molecule has 1 heterocycles. The van der Waals surface area contributed by atoms with Crippen LogP contribution < -0.4 is 0 Å². The molecule has 20 heavy (non-hydrogen) atoms. The normalized spacial score (nSPS) is 10.4. The summed E-state index contributed by atoms with van der Waals surface area (Å²) in [6.45, 7) is 0. The predicted molar refractivity (Wildman–Crippen MR) is 84.7 cm³/mol. The molecular formula is C17H14N2S. The second kappa shape index (κ2) is 5.88. The second-order valence-corrected chi connectivity index (χ2v) is 5.23. The van der Waals surface area contributed by atoms with Crippen LogP contribution >= 0.6 is 11.8 Å². The van der Waals surface area contributed by atoms with Gasteiger partial charge in [-0.25, -0.2) is 0 Å². The molecule has 0 saturated heterocycles. The Morgan fingerprint density at radius 1 is 0.750 bits per heavy atom. The Morgan fingerprint density at radius 3 is 1.95 bits per heavy atom. The highest BCUT2D eigenvalue weighted by molar-refractivity contribution is 7.98. The number of thioether (sulfide) groups is 1. The monoisotopic (exact) mass is 278 g/mol. The summed E-state index contributed by atoms with van der Waals surface area (Å²) in [4.78, 5) is 1.14. The molecule has 0 radical (unpaired) electrons. The Hall–Kier alpha value is -2.13. The first-order valence-electron chi connectivity index (χ1n) is 6.41. The third kappa shape index (κ3) is 2.58. The van der Waals surface area contributed by atoms with Gasteiger partial charge in [-0.05, 0) is 12.3 Å². The molecule has 0 aliphatic rings. The van der Waals surface area contributed by atoms with Crippen LogP contribution in [0.2, 0.25) is 0 Å². The van der Waals surface area contributed by atoms with Crippen molar-refractivity contribution in [2.24, 2.45) is 0 Å². The Bertz CT molecular complexity index is 697. The van der Waals surface area contributed by atoms with Crippen LogP contribution in [-0.2, 0) is 0 Å². The number of hydrogen-bond acceptors (Lipinski definition) is 3. The third-order valence-corrected chi connectivity index (χ3v) is 3.85. The lowest BCUT2D eigenvalue weighted by molar-refractivity contribution is 1.01. The molecule has 0 fully saturated rings. The first kappa shape index (κ1) is 12.9. The van der Waals surface area contributed by atoms with E-state index >= 15 is 0 Å². The minimum absolute atomic E-state index is 0.912. The average molecular weight is 278 g/mol. The van der Waals surface area contributed by atoms with E-state index in [1.54, 1.807) is 11.8 Å². The Kier molecular flexibility index (Phi) is 3.79. The summed E-state index contributed by atoms with van der Waals surface area (Å²) in [6.07, 6.45) is 2.07. The van der Waals surface area contributed by atoms with Crippen LogP contribution in [0.3, 0.4) is 0 Å². The molecule has 0 atom stereocenters. The molecule has 0 saturated carbocycles. The van der Waals surface area contributed by atoms with Crippen LogP contribution in [0.1, 0.15) is 0 Å². The van der Waals surface area contributed by atoms with Crippen molar-refractivity contribution >= 4 is 11.8 Å². The van der Waals surface area contributed by atoms with E-state index in [4.69, 9.17) is 0 Å². The van der Waals surface area contributed by atoms with E-state index in [2.05, 4.69) is 46.8 Å². The molecular weight excluding hydrogens is 264 g/mol. The van der Waals surface area contributed by atoms with Crippen molar-refractivity contribution in [2.45, 2.75) is 4.90 Å². The van der Waals surface area contributed by atoms with Gasteiger partial charge >= 0.3 is 0 Å². The molecule has 0 N–H and O–H groups in total. The summed E-state index contributed by atoms with van der Waals surface area (Å²) in [6, 6.07) is 22.4. The van der Waals surface area contributed by atoms with Crippen molar-refractivity contribution in [1.82, 2.24) is 10.2 Å². The maximum atomic E-state index is 4.43. The predicted octanol–water partition coefficient (Wildman–Crippen LogP) is 4.53. The van der Waals surface area contributed by atoms with Gasteiger partial charge in [0.25, 0.3) is 0 Å². The van der Waals surface area contributed by atoms with E-state index < -0.39 is 0 Å². The fourth-order valence-corrected chi connectivity index (χ4v) is 2.66. The molecule has 0 unspecified atom stereocenters. The summed E-state index contributed by atoms with van der Waals surface area (Å²) in [5.41, 5.74) is 4.05. The van der Waals surface area contributed by atoms with Gasteiger partial charge in [0.1, 0.15) is 5.69 Å². The lowest BCUT2D eigenvalue weighted by Crippen LogP contribution is -1.94. The van der Waals surface area contributed by atoms with E-state index in [1.807, 2.05) is 36.4 Å². The molecule has 0 amide bonds. The number of aromatic nitrogens is 2. The quantitative estimate of drug-likeness (QED) is 0.658. The van der Waals surface area contributed by atoms with Crippen molar-refractivity contribution < 1.29 is 0 Å². The largest absolute Gasteiger partial charge is 0.150 e. The summed E-state index contributed by atoms with van der Waals surface area (Å²) in [5, 5.41) is 8.80. The molecule has 0 bridgehead atoms. The minimum atomic E-state index is 0.912. The standard InChI is InChI=1S/C17H14N2S/c1-20-16-12-15(13-8-4-2-5-9-13)18-19-17(16)14-10-6-3-7-11-14/h2-12H,1H3. The first-order valence-corrected chi connectivity index (χ1v) is 7.63.